The molecule has 0 heterocycles. The van der Waals surface area contributed by atoms with Crippen molar-refractivity contribution in [3.63, 3.8) is 0 Å². The largest absolute Gasteiger partial charge is 0.326 e. The monoisotopic (exact) mass is 245 g/mol. The summed E-state index contributed by atoms with van der Waals surface area (Å²) in [6, 6.07) is 13.5. The van der Waals surface area contributed by atoms with E-state index in [1.165, 1.54) is 0 Å². The van der Waals surface area contributed by atoms with Gasteiger partial charge in [0.2, 0.25) is 0 Å². The van der Waals surface area contributed by atoms with E-state index in [-0.39, 0.29) is 5.96 Å². The van der Waals surface area contributed by atoms with Crippen LogP contribution in [0.25, 0.3) is 10.8 Å². The Hall–Kier alpha value is -2.01. The van der Waals surface area contributed by atoms with Crippen molar-refractivity contribution < 1.29 is 4.79 Å². The second-order valence-electron chi connectivity index (χ2n) is 3.46. The molecule has 0 atom stereocenters. The molecule has 0 aliphatic rings. The minimum absolute atomic E-state index is 0.0960. The number of amides is 1. The maximum absolute atomic E-state index is 10.7. The third-order valence-electron chi connectivity index (χ3n) is 2.28. The van der Waals surface area contributed by atoms with Crippen molar-refractivity contribution in [1.82, 2.24) is 5.32 Å². The Morgan fingerprint density at radius 1 is 1.12 bits per heavy atom. The molecule has 2 rings (SSSR count). The molecule has 0 bridgehead atoms. The van der Waals surface area contributed by atoms with Gasteiger partial charge >= 0.3 is 0 Å². The van der Waals surface area contributed by atoms with E-state index in [1.807, 2.05) is 42.5 Å². The van der Waals surface area contributed by atoms with E-state index < -0.39 is 5.24 Å². The third-order valence-corrected chi connectivity index (χ3v) is 2.39. The number of hydrogen-bond acceptors (Lipinski definition) is 2. The van der Waals surface area contributed by atoms with Gasteiger partial charge in [0.05, 0.1) is 0 Å². The summed E-state index contributed by atoms with van der Waals surface area (Å²) in [5.74, 6) is -0.0960. The van der Waals surface area contributed by atoms with Gasteiger partial charge in [-0.2, -0.15) is 0 Å². The average molecular weight is 245 g/mol. The molecule has 0 saturated carbocycles. The van der Waals surface area contributed by atoms with E-state index in [9.17, 15) is 4.79 Å². The number of guanidine groups is 1. The van der Waals surface area contributed by atoms with Gasteiger partial charge in [0.25, 0.3) is 5.24 Å². The van der Waals surface area contributed by atoms with Crippen molar-refractivity contribution in [3.05, 3.63) is 42.5 Å². The highest BCUT2D eigenvalue weighted by Gasteiger charge is 2.03. The molecule has 2 aromatic carbocycles. The minimum Gasteiger partial charge on any atom is -0.326 e. The Morgan fingerprint density at radius 3 is 2.59 bits per heavy atom. The summed E-state index contributed by atoms with van der Waals surface area (Å²) in [6.07, 6.45) is 0. The van der Waals surface area contributed by atoms with E-state index in [4.69, 9.17) is 5.41 Å². The van der Waals surface area contributed by atoms with Crippen LogP contribution in [0.5, 0.6) is 0 Å². The Morgan fingerprint density at radius 2 is 1.82 bits per heavy atom. The fourth-order valence-corrected chi connectivity index (χ4v) is 1.72. The molecule has 0 unspecified atom stereocenters. The van der Waals surface area contributed by atoms with Crippen molar-refractivity contribution >= 4 is 40.3 Å². The summed E-state index contributed by atoms with van der Waals surface area (Å²) in [5, 5.41) is 14.1. The van der Waals surface area contributed by atoms with Crippen LogP contribution in [0, 0.1) is 5.41 Å². The second-order valence-corrected chi connectivity index (χ2v) is 3.86. The number of anilines is 1. The molecule has 0 radical (unpaired) electrons. The first-order valence-corrected chi connectivity index (χ1v) is 5.45. The molecule has 1 amide bonds. The lowest BCUT2D eigenvalue weighted by molar-refractivity contribution is 0.264. The van der Waals surface area contributed by atoms with Crippen molar-refractivity contribution in [2.75, 3.05) is 5.32 Å². The van der Waals surface area contributed by atoms with E-state index >= 15 is 0 Å². The predicted molar refractivity (Wildman–Crippen MR) is 72.8 cm³/mol. The molecule has 4 nitrogen and oxygen atoms in total. The van der Waals surface area contributed by atoms with Crippen LogP contribution >= 0.6 is 12.6 Å². The van der Waals surface area contributed by atoms with E-state index in [0.29, 0.717) is 0 Å². The van der Waals surface area contributed by atoms with Gasteiger partial charge in [-0.1, -0.05) is 49.0 Å². The number of fused-ring (bicyclic) bond motifs is 1. The number of benzene rings is 2. The Bertz CT molecular complexity index is 577. The number of nitrogens with one attached hydrogen (secondary N) is 3. The number of thiol groups is 1. The maximum Gasteiger partial charge on any atom is 0.282 e. The van der Waals surface area contributed by atoms with Gasteiger partial charge < -0.3 is 5.32 Å². The van der Waals surface area contributed by atoms with Gasteiger partial charge in [-0.05, 0) is 11.5 Å². The van der Waals surface area contributed by atoms with E-state index in [0.717, 1.165) is 16.5 Å². The molecule has 0 saturated heterocycles. The number of carbonyl (C=O) groups excluding carboxylic acids is 1. The van der Waals surface area contributed by atoms with Crippen LogP contribution in [0.15, 0.2) is 42.5 Å². The molecule has 0 aromatic heterocycles. The number of rotatable bonds is 1. The Labute approximate surface area is 104 Å². The van der Waals surface area contributed by atoms with Gasteiger partial charge in [0.1, 0.15) is 0 Å². The van der Waals surface area contributed by atoms with Crippen LogP contribution < -0.4 is 10.6 Å². The highest BCUT2D eigenvalue weighted by atomic mass is 32.1. The SMILES string of the molecule is N=C(NC(=O)S)Nc1cccc2ccccc12. The summed E-state index contributed by atoms with van der Waals surface area (Å²) < 4.78 is 0. The zero-order valence-electron chi connectivity index (χ0n) is 8.90. The van der Waals surface area contributed by atoms with Crippen LogP contribution in [-0.2, 0) is 0 Å². The number of carbonyl (C=O) groups is 1. The highest BCUT2D eigenvalue weighted by Crippen LogP contribution is 2.22. The zero-order chi connectivity index (χ0) is 12.3. The summed E-state index contributed by atoms with van der Waals surface area (Å²) in [7, 11) is 0. The fourth-order valence-electron chi connectivity index (χ4n) is 1.61. The van der Waals surface area contributed by atoms with Gasteiger partial charge in [0.15, 0.2) is 5.96 Å². The predicted octanol–water partition coefficient (Wildman–Crippen LogP) is 2.83. The van der Waals surface area contributed by atoms with Crippen molar-refractivity contribution in [1.29, 1.82) is 5.41 Å². The smallest absolute Gasteiger partial charge is 0.282 e. The number of hydrogen-bond donors (Lipinski definition) is 4. The van der Waals surface area contributed by atoms with Crippen molar-refractivity contribution in [2.45, 2.75) is 0 Å². The lowest BCUT2D eigenvalue weighted by atomic mass is 10.1. The molecule has 5 heteroatoms. The summed E-state index contributed by atoms with van der Waals surface area (Å²) >= 11 is 3.55. The van der Waals surface area contributed by atoms with Crippen LogP contribution in [0.4, 0.5) is 10.5 Å². The summed E-state index contributed by atoms with van der Waals surface area (Å²) in [5.41, 5.74) is 0.773. The normalized spacial score (nSPS) is 9.94. The second kappa shape index (κ2) is 4.88. The summed E-state index contributed by atoms with van der Waals surface area (Å²) in [6.45, 7) is 0. The molecule has 86 valence electrons. The lowest BCUT2D eigenvalue weighted by Crippen LogP contribution is -2.31. The van der Waals surface area contributed by atoms with Gasteiger partial charge in [-0.15, -0.1) is 0 Å². The molecule has 3 N–H and O–H groups in total. The van der Waals surface area contributed by atoms with E-state index in [1.54, 1.807) is 0 Å². The molecular weight excluding hydrogens is 234 g/mol. The molecule has 2 aromatic rings. The fraction of sp³-hybridized carbons (Fsp3) is 0. The van der Waals surface area contributed by atoms with Gasteiger partial charge in [0, 0.05) is 11.1 Å². The molecule has 0 spiro atoms. The van der Waals surface area contributed by atoms with Gasteiger partial charge in [-0.25, -0.2) is 0 Å². The van der Waals surface area contributed by atoms with Crippen LogP contribution in [-0.4, -0.2) is 11.2 Å². The highest BCUT2D eigenvalue weighted by molar-refractivity contribution is 7.96. The van der Waals surface area contributed by atoms with Crippen molar-refractivity contribution in [3.8, 4) is 0 Å². The first kappa shape index (κ1) is 11.5. The lowest BCUT2D eigenvalue weighted by Gasteiger charge is -2.10. The topological polar surface area (TPSA) is 65.0 Å². The average Bonchev–Trinajstić information content (AvgIpc) is 2.28. The maximum atomic E-state index is 10.7. The van der Waals surface area contributed by atoms with Crippen LogP contribution in [0.2, 0.25) is 0 Å². The van der Waals surface area contributed by atoms with Crippen molar-refractivity contribution in [2.24, 2.45) is 0 Å². The quantitative estimate of drug-likeness (QED) is 0.354. The Kier molecular flexibility index (Phi) is 3.30. The van der Waals surface area contributed by atoms with Crippen LogP contribution in [0.3, 0.4) is 0 Å². The minimum atomic E-state index is -0.567. The first-order chi connectivity index (χ1) is 8.16. The first-order valence-electron chi connectivity index (χ1n) is 5.00. The third kappa shape index (κ3) is 2.76. The Balaban J connectivity index is 2.30. The van der Waals surface area contributed by atoms with Crippen LogP contribution in [0.1, 0.15) is 0 Å². The summed E-state index contributed by atoms with van der Waals surface area (Å²) in [4.78, 5) is 10.7. The zero-order valence-corrected chi connectivity index (χ0v) is 9.79. The molecule has 17 heavy (non-hydrogen) atoms. The van der Waals surface area contributed by atoms with Gasteiger partial charge in [-0.3, -0.25) is 15.5 Å². The molecule has 0 fully saturated rings. The standard InChI is InChI=1S/C12H11N3OS/c13-11(15-12(16)17)14-10-7-3-5-8-4-1-2-6-9(8)10/h1-7H,(H4,13,14,15,16,17). The molecule has 0 aliphatic heterocycles. The molecular formula is C12H11N3OS. The van der Waals surface area contributed by atoms with E-state index in [2.05, 4.69) is 23.3 Å². The molecule has 0 aliphatic carbocycles.